The number of hydrogen-bond donors (Lipinski definition) is 3. The topological polar surface area (TPSA) is 111 Å². The molecule has 0 saturated heterocycles. The van der Waals surface area contributed by atoms with Gasteiger partial charge in [-0.1, -0.05) is 32.3 Å². The van der Waals surface area contributed by atoms with Crippen LogP contribution in [0.4, 0.5) is 20.6 Å². The third kappa shape index (κ3) is 6.91. The number of ether oxygens (including phenoxy) is 1. The lowest BCUT2D eigenvalue weighted by molar-refractivity contribution is -0.120. The van der Waals surface area contributed by atoms with Gasteiger partial charge in [0.05, 0.1) is 30.4 Å². The van der Waals surface area contributed by atoms with E-state index in [0.29, 0.717) is 17.9 Å². The maximum atomic E-state index is 13.7. The first-order valence-electron chi connectivity index (χ1n) is 14.0. The Kier molecular flexibility index (Phi) is 9.63. The number of benzene rings is 2. The number of carbonyl (C=O) groups is 3. The molecule has 216 valence electrons. The van der Waals surface area contributed by atoms with Gasteiger partial charge in [-0.15, -0.1) is 0 Å². The number of anilines is 2. The Balaban J connectivity index is 1.61. The summed E-state index contributed by atoms with van der Waals surface area (Å²) in [6, 6.07) is 9.74. The minimum Gasteiger partial charge on any atom is -0.485 e. The molecule has 0 radical (unpaired) electrons. The zero-order valence-corrected chi connectivity index (χ0v) is 23.4. The molecule has 2 aromatic carbocycles. The van der Waals surface area contributed by atoms with Crippen LogP contribution in [-0.4, -0.2) is 71.6 Å². The Morgan fingerprint density at radius 1 is 1.12 bits per heavy atom. The van der Waals surface area contributed by atoms with E-state index < -0.39 is 24.0 Å². The maximum Gasteiger partial charge on any atom is 0.321 e. The first-order valence-corrected chi connectivity index (χ1v) is 14.0. The molecule has 1 aliphatic heterocycles. The highest BCUT2D eigenvalue weighted by Gasteiger charge is 2.35. The summed E-state index contributed by atoms with van der Waals surface area (Å²) in [6.45, 7) is 3.97. The Morgan fingerprint density at radius 3 is 2.50 bits per heavy atom. The second kappa shape index (κ2) is 13.1. The standard InChI is InChI=1S/C30H39FN4O5/c1-19-16-35(20(2)18-36)29(38)24-10-7-11-25(33-28(37)21-8-5-4-6-9-21)27(24)40-26(19)17-34(3)30(39)32-23-14-12-22(31)13-15-23/h7,10-15,19-21,26,36H,4-6,8-9,16-18H2,1-3H3,(H,32,39)(H,33,37)/t19-,20-,26-/m0/s1. The second-order valence-electron chi connectivity index (χ2n) is 10.9. The largest absolute Gasteiger partial charge is 0.485 e. The van der Waals surface area contributed by atoms with E-state index in [1.54, 1.807) is 37.1 Å². The molecule has 4 rings (SSSR count). The minimum atomic E-state index is -0.544. The summed E-state index contributed by atoms with van der Waals surface area (Å²) in [4.78, 5) is 42.8. The summed E-state index contributed by atoms with van der Waals surface area (Å²) in [5, 5.41) is 15.6. The molecule has 0 spiro atoms. The fourth-order valence-corrected chi connectivity index (χ4v) is 5.26. The number of halogens is 1. The number of nitrogens with zero attached hydrogens (tertiary/aromatic N) is 2. The molecule has 3 atom stereocenters. The SMILES string of the molecule is C[C@H]1CN([C@@H](C)CO)C(=O)c2cccc(NC(=O)C3CCCCC3)c2O[C@H]1CN(C)C(=O)Nc1ccc(F)cc1. The number of para-hydroxylation sites is 1. The number of likely N-dealkylation sites (N-methyl/N-ethyl adjacent to an activating group) is 1. The molecule has 2 aliphatic rings. The zero-order chi connectivity index (χ0) is 28.8. The van der Waals surface area contributed by atoms with Crippen molar-refractivity contribution in [1.82, 2.24) is 9.80 Å². The number of fused-ring (bicyclic) bond motifs is 1. The van der Waals surface area contributed by atoms with Crippen LogP contribution in [0.1, 0.15) is 56.3 Å². The predicted molar refractivity (Wildman–Crippen MR) is 151 cm³/mol. The molecule has 3 N–H and O–H groups in total. The normalized spacial score (nSPS) is 20.4. The van der Waals surface area contributed by atoms with Crippen LogP contribution in [0.15, 0.2) is 42.5 Å². The van der Waals surface area contributed by atoms with Crippen LogP contribution in [0.25, 0.3) is 0 Å². The van der Waals surface area contributed by atoms with E-state index in [1.165, 1.54) is 29.2 Å². The van der Waals surface area contributed by atoms with Gasteiger partial charge in [0.2, 0.25) is 5.91 Å². The zero-order valence-electron chi connectivity index (χ0n) is 23.4. The second-order valence-corrected chi connectivity index (χ2v) is 10.9. The van der Waals surface area contributed by atoms with Gasteiger partial charge in [0, 0.05) is 31.1 Å². The molecule has 1 saturated carbocycles. The van der Waals surface area contributed by atoms with Crippen molar-refractivity contribution in [3.63, 3.8) is 0 Å². The van der Waals surface area contributed by atoms with Crippen molar-refractivity contribution in [2.75, 3.05) is 37.4 Å². The first kappa shape index (κ1) is 29.3. The van der Waals surface area contributed by atoms with Crippen molar-refractivity contribution < 1.29 is 28.6 Å². The highest BCUT2D eigenvalue weighted by Crippen LogP contribution is 2.36. The average Bonchev–Trinajstić information content (AvgIpc) is 2.96. The van der Waals surface area contributed by atoms with Gasteiger partial charge in [0.1, 0.15) is 11.9 Å². The molecular formula is C30H39FN4O5. The van der Waals surface area contributed by atoms with Gasteiger partial charge in [-0.25, -0.2) is 9.18 Å². The molecule has 1 heterocycles. The van der Waals surface area contributed by atoms with Crippen molar-refractivity contribution in [2.24, 2.45) is 11.8 Å². The molecule has 10 heteroatoms. The lowest BCUT2D eigenvalue weighted by atomic mass is 9.88. The summed E-state index contributed by atoms with van der Waals surface area (Å²) >= 11 is 0. The highest BCUT2D eigenvalue weighted by atomic mass is 19.1. The van der Waals surface area contributed by atoms with E-state index in [4.69, 9.17) is 4.74 Å². The molecule has 1 aliphatic carbocycles. The molecule has 0 bridgehead atoms. The van der Waals surface area contributed by atoms with Crippen LogP contribution in [0.3, 0.4) is 0 Å². The monoisotopic (exact) mass is 554 g/mol. The van der Waals surface area contributed by atoms with E-state index in [-0.39, 0.29) is 48.1 Å². The molecule has 1 fully saturated rings. The molecule has 9 nitrogen and oxygen atoms in total. The Labute approximate surface area is 234 Å². The van der Waals surface area contributed by atoms with Gasteiger partial charge in [-0.3, -0.25) is 9.59 Å². The van der Waals surface area contributed by atoms with Crippen LogP contribution >= 0.6 is 0 Å². The van der Waals surface area contributed by atoms with Gasteiger partial charge < -0.3 is 30.3 Å². The van der Waals surface area contributed by atoms with Crippen molar-refractivity contribution in [3.8, 4) is 5.75 Å². The molecule has 40 heavy (non-hydrogen) atoms. The van der Waals surface area contributed by atoms with E-state index >= 15 is 0 Å². The molecule has 2 aromatic rings. The van der Waals surface area contributed by atoms with E-state index in [9.17, 15) is 23.9 Å². The van der Waals surface area contributed by atoms with Crippen LogP contribution < -0.4 is 15.4 Å². The summed E-state index contributed by atoms with van der Waals surface area (Å²) in [6.07, 6.45) is 4.27. The van der Waals surface area contributed by atoms with Crippen molar-refractivity contribution in [3.05, 3.63) is 53.8 Å². The Morgan fingerprint density at radius 2 is 1.82 bits per heavy atom. The summed E-state index contributed by atoms with van der Waals surface area (Å²) in [5.41, 5.74) is 1.16. The maximum absolute atomic E-state index is 13.7. The summed E-state index contributed by atoms with van der Waals surface area (Å²) in [5.74, 6) is -0.838. The number of urea groups is 1. The minimum absolute atomic E-state index is 0.0872. The highest BCUT2D eigenvalue weighted by molar-refractivity contribution is 6.02. The number of aliphatic hydroxyl groups is 1. The van der Waals surface area contributed by atoms with E-state index in [2.05, 4.69) is 10.6 Å². The van der Waals surface area contributed by atoms with Gasteiger partial charge in [-0.05, 0) is 56.2 Å². The third-order valence-electron chi connectivity index (χ3n) is 7.82. The Hall–Kier alpha value is -3.66. The predicted octanol–water partition coefficient (Wildman–Crippen LogP) is 4.73. The fraction of sp³-hybridized carbons (Fsp3) is 0.500. The molecular weight excluding hydrogens is 515 g/mol. The van der Waals surface area contributed by atoms with Gasteiger partial charge >= 0.3 is 6.03 Å². The van der Waals surface area contributed by atoms with Crippen molar-refractivity contribution in [1.29, 1.82) is 0 Å². The van der Waals surface area contributed by atoms with E-state index in [0.717, 1.165) is 32.1 Å². The molecule has 4 amide bonds. The third-order valence-corrected chi connectivity index (χ3v) is 7.82. The fourth-order valence-electron chi connectivity index (χ4n) is 5.26. The first-order chi connectivity index (χ1) is 19.2. The quantitative estimate of drug-likeness (QED) is 0.458. The average molecular weight is 555 g/mol. The molecule has 0 aromatic heterocycles. The summed E-state index contributed by atoms with van der Waals surface area (Å²) < 4.78 is 19.8. The van der Waals surface area contributed by atoms with Crippen molar-refractivity contribution in [2.45, 2.75) is 58.1 Å². The summed E-state index contributed by atoms with van der Waals surface area (Å²) in [7, 11) is 1.63. The van der Waals surface area contributed by atoms with Crippen LogP contribution in [0.2, 0.25) is 0 Å². The Bertz CT molecular complexity index is 1200. The van der Waals surface area contributed by atoms with Gasteiger partial charge in [0.25, 0.3) is 5.91 Å². The lowest BCUT2D eigenvalue weighted by Crippen LogP contribution is -2.50. The number of rotatable bonds is 7. The van der Waals surface area contributed by atoms with Gasteiger partial charge in [-0.2, -0.15) is 0 Å². The van der Waals surface area contributed by atoms with Crippen LogP contribution in [0, 0.1) is 17.7 Å². The number of amides is 4. The number of carbonyl (C=O) groups excluding carboxylic acids is 3. The van der Waals surface area contributed by atoms with Crippen molar-refractivity contribution >= 4 is 29.2 Å². The van der Waals surface area contributed by atoms with Crippen LogP contribution in [-0.2, 0) is 4.79 Å². The van der Waals surface area contributed by atoms with Gasteiger partial charge in [0.15, 0.2) is 5.75 Å². The smallest absolute Gasteiger partial charge is 0.321 e. The van der Waals surface area contributed by atoms with Crippen LogP contribution in [0.5, 0.6) is 5.75 Å². The molecule has 0 unspecified atom stereocenters. The number of aliphatic hydroxyl groups excluding tert-OH is 1. The van der Waals surface area contributed by atoms with E-state index in [1.807, 2.05) is 6.92 Å². The number of hydrogen-bond acceptors (Lipinski definition) is 5. The lowest BCUT2D eigenvalue weighted by Gasteiger charge is -2.38. The number of nitrogens with one attached hydrogen (secondary N) is 2.